The van der Waals surface area contributed by atoms with Crippen LogP contribution in [0.1, 0.15) is 11.1 Å². The summed E-state index contributed by atoms with van der Waals surface area (Å²) in [6, 6.07) is 13.3. The molecule has 0 aliphatic carbocycles. The third kappa shape index (κ3) is 5.58. The van der Waals surface area contributed by atoms with Crippen molar-refractivity contribution in [3.63, 3.8) is 0 Å². The van der Waals surface area contributed by atoms with Gasteiger partial charge in [0, 0.05) is 36.8 Å². The fraction of sp³-hybridized carbons (Fsp3) is 0.381. The Labute approximate surface area is 176 Å². The smallest absolute Gasteiger partial charge is 0.171 e. The van der Waals surface area contributed by atoms with Gasteiger partial charge >= 0.3 is 0 Å². The Morgan fingerprint density at radius 1 is 1.18 bits per heavy atom. The first-order valence-electron chi connectivity index (χ1n) is 9.30. The zero-order chi connectivity index (χ0) is 19.8. The quantitative estimate of drug-likeness (QED) is 0.659. The Kier molecular flexibility index (Phi) is 7.91. The van der Waals surface area contributed by atoms with Crippen molar-refractivity contribution in [1.29, 1.82) is 0 Å². The summed E-state index contributed by atoms with van der Waals surface area (Å²) in [4.78, 5) is 3.00. The van der Waals surface area contributed by atoms with Gasteiger partial charge in [-0.15, -0.1) is 0 Å². The van der Waals surface area contributed by atoms with Gasteiger partial charge in [0.25, 0.3) is 0 Å². The minimum absolute atomic E-state index is 0.337. The number of hydrogen-bond acceptors (Lipinski definition) is 5. The fourth-order valence-corrected chi connectivity index (χ4v) is 3.47. The lowest BCUT2D eigenvalue weighted by Crippen LogP contribution is -2.41. The van der Waals surface area contributed by atoms with Crippen LogP contribution in [-0.2, 0) is 11.3 Å². The van der Waals surface area contributed by atoms with Crippen molar-refractivity contribution in [1.82, 2.24) is 10.2 Å². The molecule has 0 atom stereocenters. The van der Waals surface area contributed by atoms with Crippen LogP contribution in [0.5, 0.6) is 11.5 Å². The topological polar surface area (TPSA) is 43.0 Å². The zero-order valence-corrected chi connectivity index (χ0v) is 17.5. The van der Waals surface area contributed by atoms with E-state index in [0.29, 0.717) is 28.1 Å². The molecule has 1 aliphatic heterocycles. The highest BCUT2D eigenvalue weighted by atomic mass is 35.5. The van der Waals surface area contributed by atoms with E-state index in [-0.39, 0.29) is 0 Å². The molecule has 1 saturated heterocycles. The highest BCUT2D eigenvalue weighted by molar-refractivity contribution is 7.80. The predicted octanol–water partition coefficient (Wildman–Crippen LogP) is 3.52. The molecule has 1 N–H and O–H groups in total. The van der Waals surface area contributed by atoms with Crippen LogP contribution in [0.25, 0.3) is 0 Å². The van der Waals surface area contributed by atoms with Gasteiger partial charge in [0.05, 0.1) is 25.9 Å². The van der Waals surface area contributed by atoms with E-state index in [1.807, 2.05) is 42.5 Å². The number of thiocarbonyl (C=S) groups is 1. The van der Waals surface area contributed by atoms with Crippen molar-refractivity contribution in [2.45, 2.75) is 6.61 Å². The van der Waals surface area contributed by atoms with Gasteiger partial charge in [0.2, 0.25) is 0 Å². The summed E-state index contributed by atoms with van der Waals surface area (Å²) in [6.45, 7) is 5.52. The number of rotatable bonds is 8. The van der Waals surface area contributed by atoms with E-state index >= 15 is 0 Å². The van der Waals surface area contributed by atoms with E-state index in [9.17, 15) is 0 Å². The average molecular weight is 421 g/mol. The Morgan fingerprint density at radius 2 is 1.96 bits per heavy atom. The summed E-state index contributed by atoms with van der Waals surface area (Å²) < 4.78 is 16.9. The summed E-state index contributed by atoms with van der Waals surface area (Å²) in [5, 5.41) is 4.01. The van der Waals surface area contributed by atoms with Gasteiger partial charge in [0.1, 0.15) is 11.6 Å². The summed E-state index contributed by atoms with van der Waals surface area (Å²) >= 11 is 11.9. The first-order valence-corrected chi connectivity index (χ1v) is 10.1. The van der Waals surface area contributed by atoms with E-state index in [0.717, 1.165) is 50.5 Å². The lowest BCUT2D eigenvalue weighted by Gasteiger charge is -2.26. The molecule has 5 nitrogen and oxygen atoms in total. The molecule has 0 amide bonds. The van der Waals surface area contributed by atoms with Crippen LogP contribution in [0.2, 0.25) is 5.02 Å². The van der Waals surface area contributed by atoms with Gasteiger partial charge < -0.3 is 19.5 Å². The van der Waals surface area contributed by atoms with Crippen molar-refractivity contribution in [3.05, 3.63) is 58.6 Å². The van der Waals surface area contributed by atoms with E-state index in [2.05, 4.69) is 10.2 Å². The minimum atomic E-state index is 0.337. The third-order valence-corrected chi connectivity index (χ3v) is 5.32. The second-order valence-corrected chi connectivity index (χ2v) is 7.24. The van der Waals surface area contributed by atoms with E-state index < -0.39 is 0 Å². The minimum Gasteiger partial charge on any atom is -0.493 e. The highest BCUT2D eigenvalue weighted by Crippen LogP contribution is 2.32. The zero-order valence-electron chi connectivity index (χ0n) is 15.9. The van der Waals surface area contributed by atoms with Crippen molar-refractivity contribution >= 4 is 28.8 Å². The number of nitrogens with zero attached hydrogens (tertiary/aromatic N) is 1. The highest BCUT2D eigenvalue weighted by Gasteiger charge is 2.16. The van der Waals surface area contributed by atoms with Crippen molar-refractivity contribution in [3.8, 4) is 11.5 Å². The molecule has 1 heterocycles. The first-order chi connectivity index (χ1) is 13.7. The number of methoxy groups -OCH3 is 1. The van der Waals surface area contributed by atoms with Crippen LogP contribution < -0.4 is 14.8 Å². The van der Waals surface area contributed by atoms with Crippen LogP contribution in [0.4, 0.5) is 0 Å². The van der Waals surface area contributed by atoms with Crippen LogP contribution in [-0.4, -0.2) is 56.4 Å². The summed E-state index contributed by atoms with van der Waals surface area (Å²) in [5.74, 6) is 1.26. The van der Waals surface area contributed by atoms with E-state index in [1.54, 1.807) is 7.11 Å². The molecule has 0 aromatic heterocycles. The molecule has 150 valence electrons. The van der Waals surface area contributed by atoms with Crippen molar-refractivity contribution in [2.75, 3.05) is 46.5 Å². The maximum Gasteiger partial charge on any atom is 0.171 e. The molecule has 2 aromatic carbocycles. The van der Waals surface area contributed by atoms with Gasteiger partial charge in [-0.25, -0.2) is 0 Å². The average Bonchev–Trinajstić information content (AvgIpc) is 2.73. The molecule has 1 fully saturated rings. The largest absolute Gasteiger partial charge is 0.493 e. The molecule has 0 bridgehead atoms. The third-order valence-electron chi connectivity index (χ3n) is 4.59. The second-order valence-electron chi connectivity index (χ2n) is 6.43. The van der Waals surface area contributed by atoms with Crippen LogP contribution in [0.15, 0.2) is 42.5 Å². The summed E-state index contributed by atoms with van der Waals surface area (Å²) in [5.41, 5.74) is 1.72. The molecule has 2 aromatic rings. The van der Waals surface area contributed by atoms with E-state index in [4.69, 9.17) is 38.0 Å². The Morgan fingerprint density at radius 3 is 2.71 bits per heavy atom. The second kappa shape index (κ2) is 10.6. The fourth-order valence-electron chi connectivity index (χ4n) is 3.02. The Bertz CT molecular complexity index is 797. The molecule has 1 aliphatic rings. The maximum absolute atomic E-state index is 6.25. The normalized spacial score (nSPS) is 14.5. The van der Waals surface area contributed by atoms with Crippen molar-refractivity contribution < 1.29 is 14.2 Å². The lowest BCUT2D eigenvalue weighted by atomic mass is 10.1. The molecule has 7 heteroatoms. The van der Waals surface area contributed by atoms with Gasteiger partial charge in [-0.05, 0) is 18.2 Å². The van der Waals surface area contributed by atoms with Gasteiger partial charge in [-0.3, -0.25) is 4.90 Å². The first kappa shape index (κ1) is 20.9. The number of benzene rings is 2. The standard InChI is InChI=1S/C21H25ClN2O3S/c1-25-19-8-4-6-17(20(19)27-15-16-5-2-3-7-18(16)22)21(28)23-9-10-24-11-13-26-14-12-24/h2-8H,9-15H2,1H3,(H,23,28). The van der Waals surface area contributed by atoms with Gasteiger partial charge in [0.15, 0.2) is 11.5 Å². The Hall–Kier alpha value is -1.86. The number of para-hydroxylation sites is 1. The molecule has 3 rings (SSSR count). The molecule has 0 spiro atoms. The SMILES string of the molecule is COc1cccc(C(=S)NCCN2CCOCC2)c1OCc1ccccc1Cl. The number of hydrogen-bond donors (Lipinski definition) is 1. The monoisotopic (exact) mass is 420 g/mol. The summed E-state index contributed by atoms with van der Waals surface area (Å²) in [6.07, 6.45) is 0. The number of nitrogens with one attached hydrogen (secondary N) is 1. The van der Waals surface area contributed by atoms with E-state index in [1.165, 1.54) is 0 Å². The molecule has 0 radical (unpaired) electrons. The molecular weight excluding hydrogens is 396 g/mol. The maximum atomic E-state index is 6.25. The van der Waals surface area contributed by atoms with Crippen LogP contribution >= 0.6 is 23.8 Å². The van der Waals surface area contributed by atoms with Crippen molar-refractivity contribution in [2.24, 2.45) is 0 Å². The Balaban J connectivity index is 1.66. The lowest BCUT2D eigenvalue weighted by molar-refractivity contribution is 0.0389. The van der Waals surface area contributed by atoms with Crippen LogP contribution in [0.3, 0.4) is 0 Å². The van der Waals surface area contributed by atoms with Gasteiger partial charge in [-0.2, -0.15) is 0 Å². The van der Waals surface area contributed by atoms with Gasteiger partial charge in [-0.1, -0.05) is 48.1 Å². The number of morpholine rings is 1. The summed E-state index contributed by atoms with van der Waals surface area (Å²) in [7, 11) is 1.62. The molecule has 28 heavy (non-hydrogen) atoms. The number of ether oxygens (including phenoxy) is 3. The van der Waals surface area contributed by atoms with Crippen LogP contribution in [0, 0.1) is 0 Å². The predicted molar refractivity (Wildman–Crippen MR) is 116 cm³/mol. The molecule has 0 saturated carbocycles. The molecule has 0 unspecified atom stereocenters. The molecular formula is C21H25ClN2O3S. The number of halogens is 1.